The number of hydrogen-bond acceptors (Lipinski definition) is 9. The summed E-state index contributed by atoms with van der Waals surface area (Å²) in [6.07, 6.45) is 3.36. The molecule has 0 aromatic heterocycles. The molecular formula is C21H30N2O8S. The topological polar surface area (TPSA) is 142 Å². The van der Waals surface area contributed by atoms with E-state index in [2.05, 4.69) is 10.1 Å². The van der Waals surface area contributed by atoms with Crippen molar-refractivity contribution in [2.45, 2.75) is 68.7 Å². The number of nitrogens with zero attached hydrogens (tertiary/aromatic N) is 1. The highest BCUT2D eigenvalue weighted by molar-refractivity contribution is 7.92. The zero-order chi connectivity index (χ0) is 24.2. The smallest absolute Gasteiger partial charge is 0.339 e. The quantitative estimate of drug-likeness (QED) is 0.345. The second kappa shape index (κ2) is 9.95. The van der Waals surface area contributed by atoms with Gasteiger partial charge in [-0.25, -0.2) is 13.2 Å². The van der Waals surface area contributed by atoms with Crippen LogP contribution in [0, 0.1) is 15.5 Å². The van der Waals surface area contributed by atoms with Crippen molar-refractivity contribution in [2.24, 2.45) is 5.41 Å². The summed E-state index contributed by atoms with van der Waals surface area (Å²) in [5, 5.41) is 12.1. The molecule has 32 heavy (non-hydrogen) atoms. The maximum absolute atomic E-state index is 13.2. The molecule has 2 rings (SSSR count). The minimum atomic E-state index is -4.56. The number of ether oxygens (including phenoxy) is 2. The molecule has 1 saturated carbocycles. The molecule has 11 heteroatoms. The van der Waals surface area contributed by atoms with Crippen molar-refractivity contribution in [1.82, 2.24) is 5.32 Å². The van der Waals surface area contributed by atoms with Gasteiger partial charge in [0.25, 0.3) is 5.69 Å². The zero-order valence-electron chi connectivity index (χ0n) is 18.8. The summed E-state index contributed by atoms with van der Waals surface area (Å²) in [5.41, 5.74) is -2.40. The predicted octanol–water partition coefficient (Wildman–Crippen LogP) is 2.75. The number of sulfone groups is 1. The van der Waals surface area contributed by atoms with E-state index in [9.17, 15) is 28.1 Å². The molecule has 1 aliphatic rings. The van der Waals surface area contributed by atoms with Crippen LogP contribution in [0.1, 0.15) is 52.9 Å². The molecule has 0 radical (unpaired) electrons. The average Bonchev–Trinajstić information content (AvgIpc) is 2.72. The predicted molar refractivity (Wildman–Crippen MR) is 115 cm³/mol. The largest absolute Gasteiger partial charge is 0.467 e. The molecule has 0 spiro atoms. The van der Waals surface area contributed by atoms with Crippen LogP contribution in [0.5, 0.6) is 0 Å². The van der Waals surface area contributed by atoms with Crippen molar-refractivity contribution in [3.63, 3.8) is 0 Å². The fraction of sp³-hybridized carbons (Fsp3) is 0.619. The number of carbonyl (C=O) groups excluding carboxylic acids is 2. The molecule has 0 aliphatic heterocycles. The summed E-state index contributed by atoms with van der Waals surface area (Å²) < 4.78 is 36.8. The van der Waals surface area contributed by atoms with Crippen LogP contribution < -0.4 is 5.32 Å². The summed E-state index contributed by atoms with van der Waals surface area (Å²) in [6, 6.07) is 4.77. The van der Waals surface area contributed by atoms with Gasteiger partial charge in [0, 0.05) is 12.6 Å². The SMILES string of the molecule is COC(=O)C(NCC1(C(=O)OC(C)(C)C)CCCCC1)S(=O)(=O)c1ccccc1[N+](=O)[O-]. The van der Waals surface area contributed by atoms with E-state index in [1.165, 1.54) is 12.1 Å². The Kier molecular flexibility index (Phi) is 8.00. The number of carbonyl (C=O) groups is 2. The van der Waals surface area contributed by atoms with Gasteiger partial charge in [-0.1, -0.05) is 31.4 Å². The van der Waals surface area contributed by atoms with E-state index in [-0.39, 0.29) is 6.54 Å². The molecule has 0 heterocycles. The third kappa shape index (κ3) is 5.83. The highest BCUT2D eigenvalue weighted by atomic mass is 32.2. The van der Waals surface area contributed by atoms with Crippen LogP contribution in [-0.2, 0) is 28.9 Å². The van der Waals surface area contributed by atoms with Gasteiger partial charge < -0.3 is 9.47 Å². The first-order valence-corrected chi connectivity index (χ1v) is 11.9. The number of esters is 2. The molecule has 178 valence electrons. The first kappa shape index (κ1) is 25.7. The van der Waals surface area contributed by atoms with E-state index in [1.54, 1.807) is 20.8 Å². The van der Waals surface area contributed by atoms with E-state index in [4.69, 9.17) is 4.74 Å². The van der Waals surface area contributed by atoms with Crippen LogP contribution in [-0.4, -0.2) is 49.9 Å². The average molecular weight is 471 g/mol. The second-order valence-corrected chi connectivity index (χ2v) is 10.9. The first-order chi connectivity index (χ1) is 14.8. The van der Waals surface area contributed by atoms with Gasteiger partial charge in [-0.15, -0.1) is 0 Å². The van der Waals surface area contributed by atoms with E-state index in [0.29, 0.717) is 12.8 Å². The molecular weight excluding hydrogens is 440 g/mol. The van der Waals surface area contributed by atoms with Gasteiger partial charge in [0.05, 0.1) is 17.4 Å². The van der Waals surface area contributed by atoms with Crippen LogP contribution >= 0.6 is 0 Å². The van der Waals surface area contributed by atoms with Crippen LogP contribution in [0.25, 0.3) is 0 Å². The van der Waals surface area contributed by atoms with Crippen molar-refractivity contribution >= 4 is 27.5 Å². The molecule has 10 nitrogen and oxygen atoms in total. The Labute approximate surface area is 187 Å². The van der Waals surface area contributed by atoms with E-state index < -0.39 is 53.7 Å². The van der Waals surface area contributed by atoms with Crippen molar-refractivity contribution in [3.8, 4) is 0 Å². The molecule has 0 bridgehead atoms. The van der Waals surface area contributed by atoms with E-state index in [0.717, 1.165) is 38.5 Å². The molecule has 1 unspecified atom stereocenters. The van der Waals surface area contributed by atoms with Gasteiger partial charge in [0.1, 0.15) is 10.5 Å². The van der Waals surface area contributed by atoms with E-state index in [1.807, 2.05) is 0 Å². The molecule has 1 aliphatic carbocycles. The minimum absolute atomic E-state index is 0.151. The molecule has 0 saturated heterocycles. The number of nitrogens with one attached hydrogen (secondary N) is 1. The van der Waals surface area contributed by atoms with E-state index >= 15 is 0 Å². The summed E-state index contributed by atoms with van der Waals surface area (Å²) in [7, 11) is -3.53. The van der Waals surface area contributed by atoms with Gasteiger partial charge in [-0.2, -0.15) is 0 Å². The van der Waals surface area contributed by atoms with Crippen molar-refractivity contribution in [1.29, 1.82) is 0 Å². The Morgan fingerprint density at radius 1 is 1.19 bits per heavy atom. The fourth-order valence-electron chi connectivity index (χ4n) is 3.76. The number of para-hydroxylation sites is 1. The number of nitro benzene ring substituents is 1. The Morgan fingerprint density at radius 3 is 2.31 bits per heavy atom. The number of methoxy groups -OCH3 is 1. The summed E-state index contributed by atoms with van der Waals surface area (Å²) in [4.78, 5) is 35.4. The lowest BCUT2D eigenvalue weighted by Crippen LogP contribution is -2.52. The maximum Gasteiger partial charge on any atom is 0.339 e. The Hall–Kier alpha value is -2.53. The highest BCUT2D eigenvalue weighted by Gasteiger charge is 2.46. The molecule has 1 N–H and O–H groups in total. The lowest BCUT2D eigenvalue weighted by molar-refractivity contribution is -0.387. The van der Waals surface area contributed by atoms with Crippen LogP contribution in [0.15, 0.2) is 29.2 Å². The monoisotopic (exact) mass is 470 g/mol. The number of hydrogen-bond donors (Lipinski definition) is 1. The molecule has 1 aromatic rings. The number of rotatable bonds is 8. The van der Waals surface area contributed by atoms with Gasteiger partial charge in [0.2, 0.25) is 15.2 Å². The lowest BCUT2D eigenvalue weighted by Gasteiger charge is -2.38. The fourth-order valence-corrected chi connectivity index (χ4v) is 5.37. The van der Waals surface area contributed by atoms with Crippen LogP contribution in [0.2, 0.25) is 0 Å². The standard InChI is InChI=1S/C21H30N2O8S/c1-20(2,3)31-19(25)21(12-8-5-9-13-21)14-22-17(18(24)30-4)32(28,29)16-11-7-6-10-15(16)23(26)27/h6-7,10-11,17,22H,5,8-9,12-14H2,1-4H3. The van der Waals surface area contributed by atoms with Gasteiger partial charge in [-0.05, 0) is 39.7 Å². The lowest BCUT2D eigenvalue weighted by atomic mass is 9.74. The highest BCUT2D eigenvalue weighted by Crippen LogP contribution is 2.38. The second-order valence-electron chi connectivity index (χ2n) is 8.90. The van der Waals surface area contributed by atoms with Gasteiger partial charge in [0.15, 0.2) is 0 Å². The Morgan fingerprint density at radius 2 is 1.78 bits per heavy atom. The molecule has 1 atom stereocenters. The minimum Gasteiger partial charge on any atom is -0.467 e. The van der Waals surface area contributed by atoms with Crippen LogP contribution in [0.3, 0.4) is 0 Å². The van der Waals surface area contributed by atoms with Crippen molar-refractivity contribution in [3.05, 3.63) is 34.4 Å². The third-order valence-electron chi connectivity index (χ3n) is 5.36. The van der Waals surface area contributed by atoms with Gasteiger partial charge >= 0.3 is 11.9 Å². The summed E-state index contributed by atoms with van der Waals surface area (Å²) in [5.74, 6) is -1.60. The van der Waals surface area contributed by atoms with Gasteiger partial charge in [-0.3, -0.25) is 20.2 Å². The van der Waals surface area contributed by atoms with Crippen molar-refractivity contribution < 1.29 is 32.4 Å². The normalized spacial score (nSPS) is 17.2. The number of nitro groups is 1. The zero-order valence-corrected chi connectivity index (χ0v) is 19.6. The van der Waals surface area contributed by atoms with Crippen LogP contribution in [0.4, 0.5) is 5.69 Å². The Bertz CT molecular complexity index is 962. The number of benzene rings is 1. The molecule has 1 fully saturated rings. The molecule has 1 aromatic carbocycles. The van der Waals surface area contributed by atoms with Crippen molar-refractivity contribution in [2.75, 3.05) is 13.7 Å². The summed E-state index contributed by atoms with van der Waals surface area (Å²) >= 11 is 0. The Balaban J connectivity index is 2.41. The maximum atomic E-state index is 13.2. The third-order valence-corrected chi connectivity index (χ3v) is 7.30. The molecule has 0 amide bonds. The summed E-state index contributed by atoms with van der Waals surface area (Å²) in [6.45, 7) is 5.07. The first-order valence-electron chi connectivity index (χ1n) is 10.4.